The second-order valence-corrected chi connectivity index (χ2v) is 9.72. The SMILES string of the molecule is CC(C)N(O)c1nc(N(O)C(C)C)nc(N(O)C(C)C)n1.CC(C)N(O)c1nc(N)nc(N(O)C(C)C)n1. The number of hydrogen-bond acceptors (Lipinski definition) is 17. The summed E-state index contributed by atoms with van der Waals surface area (Å²) in [6.07, 6.45) is 0. The highest BCUT2D eigenvalue weighted by Gasteiger charge is 2.22. The Labute approximate surface area is 222 Å². The molecule has 0 radical (unpaired) electrons. The van der Waals surface area contributed by atoms with Crippen molar-refractivity contribution in [2.24, 2.45) is 0 Å². The molecule has 0 amide bonds. The average molecular weight is 543 g/mol. The first-order valence-electron chi connectivity index (χ1n) is 12.2. The fraction of sp³-hybridized carbons (Fsp3) is 0.714. The second-order valence-electron chi connectivity index (χ2n) is 9.72. The first kappa shape index (κ1) is 32.6. The number of nitrogen functional groups attached to an aromatic ring is 1. The van der Waals surface area contributed by atoms with Crippen molar-refractivity contribution in [3.05, 3.63) is 0 Å². The van der Waals surface area contributed by atoms with Gasteiger partial charge in [-0.2, -0.15) is 29.9 Å². The molecule has 0 aliphatic carbocycles. The highest BCUT2D eigenvalue weighted by atomic mass is 16.5. The topological polar surface area (TPSA) is 221 Å². The molecule has 2 aromatic rings. The minimum Gasteiger partial charge on any atom is -0.368 e. The molecule has 0 aromatic carbocycles. The lowest BCUT2D eigenvalue weighted by Crippen LogP contribution is -2.35. The summed E-state index contributed by atoms with van der Waals surface area (Å²) in [6, 6.07) is -1.24. The Morgan fingerprint density at radius 1 is 0.395 bits per heavy atom. The Morgan fingerprint density at radius 2 is 0.553 bits per heavy atom. The van der Waals surface area contributed by atoms with E-state index in [0.29, 0.717) is 0 Å². The van der Waals surface area contributed by atoms with Gasteiger partial charge in [-0.3, -0.25) is 26.0 Å². The first-order chi connectivity index (χ1) is 17.5. The fourth-order valence-corrected chi connectivity index (χ4v) is 2.38. The van der Waals surface area contributed by atoms with Crippen molar-refractivity contribution in [3.8, 4) is 0 Å². The Morgan fingerprint density at radius 3 is 0.711 bits per heavy atom. The Balaban J connectivity index is 0.000000389. The van der Waals surface area contributed by atoms with Crippen LogP contribution in [-0.4, -0.2) is 86.1 Å². The molecule has 0 saturated heterocycles. The van der Waals surface area contributed by atoms with E-state index in [9.17, 15) is 26.0 Å². The van der Waals surface area contributed by atoms with E-state index in [1.807, 2.05) is 0 Å². The summed E-state index contributed by atoms with van der Waals surface area (Å²) in [7, 11) is 0. The van der Waals surface area contributed by atoms with Crippen molar-refractivity contribution in [1.82, 2.24) is 29.9 Å². The van der Waals surface area contributed by atoms with Crippen LogP contribution in [0.3, 0.4) is 0 Å². The molecule has 0 saturated carbocycles. The van der Waals surface area contributed by atoms with Gasteiger partial charge in [0.1, 0.15) is 0 Å². The highest BCUT2D eigenvalue weighted by molar-refractivity contribution is 5.44. The molecule has 7 N–H and O–H groups in total. The molecule has 38 heavy (non-hydrogen) atoms. The van der Waals surface area contributed by atoms with Crippen molar-refractivity contribution in [3.63, 3.8) is 0 Å². The van der Waals surface area contributed by atoms with Crippen molar-refractivity contribution in [2.45, 2.75) is 99.4 Å². The molecule has 0 atom stereocenters. The molecule has 0 fully saturated rings. The molecule has 0 bridgehead atoms. The van der Waals surface area contributed by atoms with E-state index in [4.69, 9.17) is 5.73 Å². The van der Waals surface area contributed by atoms with E-state index in [2.05, 4.69) is 29.9 Å². The predicted molar refractivity (Wildman–Crippen MR) is 141 cm³/mol. The van der Waals surface area contributed by atoms with Gasteiger partial charge in [0.25, 0.3) is 29.7 Å². The van der Waals surface area contributed by atoms with Crippen LogP contribution in [0, 0.1) is 0 Å². The summed E-state index contributed by atoms with van der Waals surface area (Å²) in [4.78, 5) is 23.5. The van der Waals surface area contributed by atoms with E-state index in [1.54, 1.807) is 69.2 Å². The summed E-state index contributed by atoms with van der Waals surface area (Å²) in [5.41, 5.74) is 5.50. The zero-order chi connectivity index (χ0) is 29.5. The highest BCUT2D eigenvalue weighted by Crippen LogP contribution is 2.20. The quantitative estimate of drug-likeness (QED) is 0.237. The van der Waals surface area contributed by atoms with E-state index >= 15 is 0 Å². The number of nitrogens with two attached hydrogens (primary N) is 1. The predicted octanol–water partition coefficient (Wildman–Crippen LogP) is 2.35. The van der Waals surface area contributed by atoms with Crippen LogP contribution in [0.4, 0.5) is 35.7 Å². The molecule has 17 nitrogen and oxygen atoms in total. The van der Waals surface area contributed by atoms with E-state index in [-0.39, 0.29) is 65.9 Å². The lowest BCUT2D eigenvalue weighted by Gasteiger charge is -2.25. The molecule has 2 heterocycles. The summed E-state index contributed by atoms with van der Waals surface area (Å²) >= 11 is 0. The largest absolute Gasteiger partial charge is 0.368 e. The smallest absolute Gasteiger partial charge is 0.256 e. The average Bonchev–Trinajstić information content (AvgIpc) is 2.85. The Bertz CT molecular complexity index is 899. The monoisotopic (exact) mass is 542 g/mol. The molecule has 216 valence electrons. The third-order valence-corrected chi connectivity index (χ3v) is 4.70. The molecule has 0 spiro atoms. The van der Waals surface area contributed by atoms with Gasteiger partial charge in [-0.25, -0.2) is 25.3 Å². The van der Waals surface area contributed by atoms with Crippen LogP contribution in [0.15, 0.2) is 0 Å². The zero-order valence-electron chi connectivity index (χ0n) is 23.6. The Kier molecular flexibility index (Phi) is 12.0. The van der Waals surface area contributed by atoms with Gasteiger partial charge < -0.3 is 5.73 Å². The normalized spacial score (nSPS) is 11.3. The van der Waals surface area contributed by atoms with Crippen LogP contribution in [0.1, 0.15) is 69.2 Å². The number of rotatable bonds is 10. The maximum absolute atomic E-state index is 9.97. The number of hydrogen-bond donors (Lipinski definition) is 6. The number of nitrogens with zero attached hydrogens (tertiary/aromatic N) is 11. The van der Waals surface area contributed by atoms with E-state index in [0.717, 1.165) is 25.3 Å². The summed E-state index contributed by atoms with van der Waals surface area (Å²) in [5, 5.41) is 53.5. The molecule has 2 rings (SSSR count). The van der Waals surface area contributed by atoms with Gasteiger partial charge in [0.2, 0.25) is 5.95 Å². The lowest BCUT2D eigenvalue weighted by atomic mass is 10.4. The third kappa shape index (κ3) is 8.88. The van der Waals surface area contributed by atoms with Gasteiger partial charge >= 0.3 is 0 Å². The first-order valence-corrected chi connectivity index (χ1v) is 12.2. The summed E-state index contributed by atoms with van der Waals surface area (Å²) < 4.78 is 0. The third-order valence-electron chi connectivity index (χ3n) is 4.70. The van der Waals surface area contributed by atoms with Gasteiger partial charge in [0, 0.05) is 0 Å². The van der Waals surface area contributed by atoms with Crippen LogP contribution in [0.25, 0.3) is 0 Å². The van der Waals surface area contributed by atoms with Crippen LogP contribution < -0.4 is 31.0 Å². The molecule has 2 aromatic heterocycles. The zero-order valence-corrected chi connectivity index (χ0v) is 23.6. The van der Waals surface area contributed by atoms with Crippen LogP contribution >= 0.6 is 0 Å². The van der Waals surface area contributed by atoms with Crippen molar-refractivity contribution >= 4 is 35.7 Å². The minimum atomic E-state index is -0.273. The van der Waals surface area contributed by atoms with Gasteiger partial charge in [0.05, 0.1) is 30.2 Å². The van der Waals surface area contributed by atoms with Crippen LogP contribution in [0.2, 0.25) is 0 Å². The molecular formula is C21H42N12O5. The molecule has 0 aliphatic heterocycles. The van der Waals surface area contributed by atoms with Crippen LogP contribution in [0.5, 0.6) is 0 Å². The molecule has 17 heteroatoms. The number of anilines is 6. The standard InChI is InChI=1S/C12H24N6O3.C9H18N6O2/c1-7(2)16(19)10-13-11(17(20)8(3)4)15-12(14-10)18(21)9(5)6;1-5(2)14(16)8-11-7(10)12-9(13-8)15(17)6(3)4/h7-9,19-21H,1-6H3;5-6,16-17H,1-4H3,(H2,10,11,12,13). The lowest BCUT2D eigenvalue weighted by molar-refractivity contribution is 0.205. The molecule has 0 aliphatic rings. The number of hydroxylamine groups is 5. The van der Waals surface area contributed by atoms with Crippen molar-refractivity contribution < 1.29 is 26.0 Å². The van der Waals surface area contributed by atoms with Gasteiger partial charge in [-0.1, -0.05) is 0 Å². The maximum atomic E-state index is 9.97. The minimum absolute atomic E-state index is 0.00204. The number of aromatic nitrogens is 6. The van der Waals surface area contributed by atoms with Crippen molar-refractivity contribution in [2.75, 3.05) is 31.0 Å². The van der Waals surface area contributed by atoms with Gasteiger partial charge in [-0.05, 0) is 69.2 Å². The van der Waals surface area contributed by atoms with E-state index < -0.39 is 0 Å². The fourth-order valence-electron chi connectivity index (χ4n) is 2.38. The van der Waals surface area contributed by atoms with Crippen LogP contribution in [-0.2, 0) is 0 Å². The summed E-state index contributed by atoms with van der Waals surface area (Å²) in [6.45, 7) is 17.6. The maximum Gasteiger partial charge on any atom is 0.256 e. The van der Waals surface area contributed by atoms with Gasteiger partial charge in [-0.15, -0.1) is 0 Å². The van der Waals surface area contributed by atoms with E-state index in [1.165, 1.54) is 0 Å². The summed E-state index contributed by atoms with van der Waals surface area (Å²) in [5.74, 6) is -0.216. The van der Waals surface area contributed by atoms with Crippen molar-refractivity contribution in [1.29, 1.82) is 0 Å². The van der Waals surface area contributed by atoms with Gasteiger partial charge in [0.15, 0.2) is 0 Å². The second kappa shape index (κ2) is 14.0. The molecule has 0 unspecified atom stereocenters. The molecular weight excluding hydrogens is 500 g/mol. The Hall–Kier alpha value is -3.38.